The van der Waals surface area contributed by atoms with E-state index in [2.05, 4.69) is 5.32 Å². The number of nitrogens with one attached hydrogen (secondary N) is 1. The monoisotopic (exact) mass is 432 g/mol. The van der Waals surface area contributed by atoms with Crippen molar-refractivity contribution in [1.82, 2.24) is 5.32 Å². The first-order valence-electron chi connectivity index (χ1n) is 10.6. The number of rotatable bonds is 6. The highest BCUT2D eigenvalue weighted by Gasteiger charge is 2.39. The summed E-state index contributed by atoms with van der Waals surface area (Å²) in [5.41, 5.74) is 4.09. The summed E-state index contributed by atoms with van der Waals surface area (Å²) in [4.78, 5) is 36.7. The van der Waals surface area contributed by atoms with Crippen molar-refractivity contribution in [2.24, 2.45) is 0 Å². The third kappa shape index (κ3) is 4.32. The van der Waals surface area contributed by atoms with Crippen LogP contribution in [0.25, 0.3) is 0 Å². The van der Waals surface area contributed by atoms with Gasteiger partial charge in [0.15, 0.2) is 5.78 Å². The fourth-order valence-corrected chi connectivity index (χ4v) is 4.36. The van der Waals surface area contributed by atoms with E-state index in [9.17, 15) is 19.7 Å². The Balaban J connectivity index is 1.64. The molecule has 7 nitrogen and oxygen atoms in total. The maximum atomic E-state index is 13.2. The Morgan fingerprint density at radius 3 is 2.53 bits per heavy atom. The highest BCUT2D eigenvalue weighted by atomic mass is 16.6. The maximum Gasteiger partial charge on any atom is 0.336 e. The van der Waals surface area contributed by atoms with Gasteiger partial charge in [-0.15, -0.1) is 0 Å². The summed E-state index contributed by atoms with van der Waals surface area (Å²) >= 11 is 0. The van der Waals surface area contributed by atoms with E-state index < -0.39 is 16.8 Å². The summed E-state index contributed by atoms with van der Waals surface area (Å²) in [6.45, 7) is 2.02. The lowest BCUT2D eigenvalue weighted by Gasteiger charge is -2.34. The number of non-ortho nitro benzene ring substituents is 1. The van der Waals surface area contributed by atoms with Crippen molar-refractivity contribution >= 4 is 17.4 Å². The van der Waals surface area contributed by atoms with Crippen molar-refractivity contribution in [3.8, 4) is 0 Å². The molecule has 4 rings (SSSR count). The molecular formula is C25H24N2O5. The molecule has 0 amide bonds. The summed E-state index contributed by atoms with van der Waals surface area (Å²) < 4.78 is 5.61. The van der Waals surface area contributed by atoms with E-state index in [0.717, 1.165) is 24.1 Å². The Labute approximate surface area is 185 Å². The summed E-state index contributed by atoms with van der Waals surface area (Å²) in [6.07, 6.45) is 2.47. The number of nitro benzene ring substituents is 1. The van der Waals surface area contributed by atoms with Gasteiger partial charge in [0.2, 0.25) is 0 Å². The molecular weight excluding hydrogens is 408 g/mol. The predicted molar refractivity (Wildman–Crippen MR) is 119 cm³/mol. The van der Waals surface area contributed by atoms with Crippen LogP contribution < -0.4 is 5.32 Å². The van der Waals surface area contributed by atoms with E-state index in [1.54, 1.807) is 19.1 Å². The van der Waals surface area contributed by atoms with Crippen molar-refractivity contribution in [1.29, 1.82) is 0 Å². The number of hydrogen-bond donors (Lipinski definition) is 1. The molecule has 32 heavy (non-hydrogen) atoms. The van der Waals surface area contributed by atoms with Gasteiger partial charge in [0.25, 0.3) is 5.69 Å². The largest absolute Gasteiger partial charge is 0.462 e. The molecule has 2 aromatic rings. The number of esters is 1. The van der Waals surface area contributed by atoms with Gasteiger partial charge in [-0.1, -0.05) is 42.5 Å². The Bertz CT molecular complexity index is 1120. The smallest absolute Gasteiger partial charge is 0.336 e. The third-order valence-electron chi connectivity index (χ3n) is 5.90. The molecule has 0 bridgehead atoms. The molecule has 7 heteroatoms. The normalized spacial score (nSPS) is 18.2. The second-order valence-electron chi connectivity index (χ2n) is 7.99. The Hall–Kier alpha value is -3.74. The number of ether oxygens (including phenoxy) is 1. The number of dihydropyridines is 1. The van der Waals surface area contributed by atoms with Crippen molar-refractivity contribution in [2.75, 3.05) is 6.61 Å². The van der Waals surface area contributed by atoms with Crippen LogP contribution in [0.5, 0.6) is 0 Å². The molecule has 1 heterocycles. The standard InChI is InChI=1S/C25H24N2O5/c1-16-22(25(29)32-15-14-17-6-3-2-4-7-17)23(18-10-12-19(13-11-18)27(30)31)24-20(26-16)8-5-9-21(24)28/h2-4,6-7,10-13,23,26H,5,8-9,14-15H2,1H3/t23-/m0/s1. The number of hydrogen-bond acceptors (Lipinski definition) is 6. The second kappa shape index (κ2) is 9.18. The number of benzene rings is 2. The van der Waals surface area contributed by atoms with Gasteiger partial charge in [0, 0.05) is 47.9 Å². The molecule has 1 aliphatic carbocycles. The van der Waals surface area contributed by atoms with E-state index in [-0.39, 0.29) is 18.1 Å². The van der Waals surface area contributed by atoms with Crippen molar-refractivity contribution < 1.29 is 19.2 Å². The van der Waals surface area contributed by atoms with E-state index in [1.165, 1.54) is 12.1 Å². The fourth-order valence-electron chi connectivity index (χ4n) is 4.36. The minimum atomic E-state index is -0.607. The molecule has 1 aliphatic heterocycles. The first kappa shape index (κ1) is 21.5. The lowest BCUT2D eigenvalue weighted by molar-refractivity contribution is -0.384. The van der Waals surface area contributed by atoms with Gasteiger partial charge in [0.05, 0.1) is 17.1 Å². The summed E-state index contributed by atoms with van der Waals surface area (Å²) in [7, 11) is 0. The lowest BCUT2D eigenvalue weighted by atomic mass is 9.75. The topological polar surface area (TPSA) is 98.5 Å². The summed E-state index contributed by atoms with van der Waals surface area (Å²) in [5, 5.41) is 14.3. The average Bonchev–Trinajstić information content (AvgIpc) is 2.79. The molecule has 0 fully saturated rings. The van der Waals surface area contributed by atoms with Crippen molar-refractivity contribution in [3.05, 3.63) is 98.4 Å². The van der Waals surface area contributed by atoms with Crippen molar-refractivity contribution in [3.63, 3.8) is 0 Å². The Morgan fingerprint density at radius 2 is 1.84 bits per heavy atom. The summed E-state index contributed by atoms with van der Waals surface area (Å²) in [6, 6.07) is 15.8. The quantitative estimate of drug-likeness (QED) is 0.414. The van der Waals surface area contributed by atoms with Crippen LogP contribution in [0.3, 0.4) is 0 Å². The molecule has 2 aliphatic rings. The van der Waals surface area contributed by atoms with Crippen LogP contribution in [0.1, 0.15) is 43.2 Å². The van der Waals surface area contributed by atoms with Crippen LogP contribution in [0.15, 0.2) is 77.1 Å². The van der Waals surface area contributed by atoms with Crippen LogP contribution in [0.2, 0.25) is 0 Å². The Kier molecular flexibility index (Phi) is 6.16. The number of allylic oxidation sites excluding steroid dienone is 3. The van der Waals surface area contributed by atoms with Crippen molar-refractivity contribution in [2.45, 2.75) is 38.5 Å². The first-order chi connectivity index (χ1) is 15.5. The van der Waals surface area contributed by atoms with Gasteiger partial charge in [-0.2, -0.15) is 0 Å². The number of carbonyl (C=O) groups excluding carboxylic acids is 2. The fraction of sp³-hybridized carbons (Fsp3) is 0.280. The van der Waals surface area contributed by atoms with Gasteiger partial charge in [0.1, 0.15) is 0 Å². The highest BCUT2D eigenvalue weighted by molar-refractivity contribution is 6.03. The molecule has 0 spiro atoms. The maximum absolute atomic E-state index is 13.2. The second-order valence-corrected chi connectivity index (χ2v) is 7.99. The van der Waals surface area contributed by atoms with E-state index >= 15 is 0 Å². The van der Waals surface area contributed by atoms with Crippen LogP contribution >= 0.6 is 0 Å². The highest BCUT2D eigenvalue weighted by Crippen LogP contribution is 2.42. The number of nitrogens with zero attached hydrogens (tertiary/aromatic N) is 1. The molecule has 1 atom stereocenters. The van der Waals surface area contributed by atoms with Crippen LogP contribution in [0, 0.1) is 10.1 Å². The molecule has 0 unspecified atom stereocenters. The number of nitro groups is 1. The molecule has 0 saturated carbocycles. The average molecular weight is 432 g/mol. The summed E-state index contributed by atoms with van der Waals surface area (Å²) in [5.74, 6) is -1.10. The van der Waals surface area contributed by atoms with Gasteiger partial charge in [-0.25, -0.2) is 4.79 Å². The zero-order valence-electron chi connectivity index (χ0n) is 17.8. The van der Waals surface area contributed by atoms with E-state index in [0.29, 0.717) is 35.2 Å². The molecule has 0 aromatic heterocycles. The zero-order valence-corrected chi connectivity index (χ0v) is 17.8. The lowest BCUT2D eigenvalue weighted by Crippen LogP contribution is -2.34. The molecule has 0 radical (unpaired) electrons. The van der Waals surface area contributed by atoms with Gasteiger partial charge < -0.3 is 10.1 Å². The minimum absolute atomic E-state index is 0.0100. The predicted octanol–water partition coefficient (Wildman–Crippen LogP) is 4.35. The first-order valence-corrected chi connectivity index (χ1v) is 10.6. The van der Waals surface area contributed by atoms with Crippen LogP contribution in [0.4, 0.5) is 5.69 Å². The molecule has 0 saturated heterocycles. The van der Waals surface area contributed by atoms with Gasteiger partial charge >= 0.3 is 5.97 Å². The Morgan fingerprint density at radius 1 is 1.12 bits per heavy atom. The number of carbonyl (C=O) groups is 2. The zero-order chi connectivity index (χ0) is 22.7. The molecule has 1 N–H and O–H groups in total. The molecule has 2 aromatic carbocycles. The van der Waals surface area contributed by atoms with Crippen LogP contribution in [-0.2, 0) is 20.7 Å². The van der Waals surface area contributed by atoms with Crippen LogP contribution in [-0.4, -0.2) is 23.3 Å². The van der Waals surface area contributed by atoms with Gasteiger partial charge in [-0.3, -0.25) is 14.9 Å². The minimum Gasteiger partial charge on any atom is -0.462 e. The number of ketones is 1. The SMILES string of the molecule is CC1=C(C(=O)OCCc2ccccc2)[C@H](c2ccc([N+](=O)[O-])cc2)C2=C(CCCC2=O)N1. The van der Waals surface area contributed by atoms with E-state index in [1.807, 2.05) is 30.3 Å². The van der Waals surface area contributed by atoms with E-state index in [4.69, 9.17) is 4.74 Å². The van der Waals surface area contributed by atoms with Gasteiger partial charge in [-0.05, 0) is 30.9 Å². The molecule has 164 valence electrons. The third-order valence-corrected chi connectivity index (χ3v) is 5.90. The number of Topliss-reactive ketones (excluding diaryl/α,β-unsaturated/α-hetero) is 1.